The standard InChI is InChI=1S/2C8H15NO.C2H2O4/c2*9-7-1-3-8(4-2-7)5-10-6-8;3-1(4)2(5)6/h2*7H,1-6,9H2;(H,3,4)(H,5,6). The van der Waals surface area contributed by atoms with Gasteiger partial charge in [0.2, 0.25) is 0 Å². The van der Waals surface area contributed by atoms with Crippen molar-refractivity contribution < 1.29 is 29.3 Å². The zero-order valence-corrected chi connectivity index (χ0v) is 15.3. The first-order valence-electron chi connectivity index (χ1n) is 9.39. The molecule has 0 amide bonds. The van der Waals surface area contributed by atoms with Gasteiger partial charge in [-0.25, -0.2) is 9.59 Å². The lowest BCUT2D eigenvalue weighted by atomic mass is 9.71. The van der Waals surface area contributed by atoms with Crippen LogP contribution in [0.2, 0.25) is 0 Å². The molecule has 2 spiro atoms. The third-order valence-corrected chi connectivity index (χ3v) is 6.00. The Bertz CT molecular complexity index is 426. The summed E-state index contributed by atoms with van der Waals surface area (Å²) in [6.45, 7) is 4.00. The van der Waals surface area contributed by atoms with Crippen LogP contribution in [-0.4, -0.2) is 60.7 Å². The van der Waals surface area contributed by atoms with Crippen LogP contribution in [-0.2, 0) is 19.1 Å². The van der Waals surface area contributed by atoms with Crippen LogP contribution in [0.25, 0.3) is 0 Å². The van der Waals surface area contributed by atoms with Gasteiger partial charge in [-0.2, -0.15) is 0 Å². The zero-order chi connectivity index (χ0) is 19.2. The molecule has 0 aromatic rings. The highest BCUT2D eigenvalue weighted by Gasteiger charge is 2.41. The van der Waals surface area contributed by atoms with Gasteiger partial charge in [0.25, 0.3) is 0 Å². The van der Waals surface area contributed by atoms with E-state index >= 15 is 0 Å². The van der Waals surface area contributed by atoms with Gasteiger partial charge in [0, 0.05) is 22.9 Å². The molecule has 0 bridgehead atoms. The number of ether oxygens (including phenoxy) is 2. The number of rotatable bonds is 0. The lowest BCUT2D eigenvalue weighted by Gasteiger charge is -2.45. The van der Waals surface area contributed by atoms with Crippen LogP contribution in [0.15, 0.2) is 0 Å². The van der Waals surface area contributed by atoms with Crippen LogP contribution >= 0.6 is 0 Å². The molecule has 4 aliphatic rings. The molecule has 0 unspecified atom stereocenters. The van der Waals surface area contributed by atoms with Crippen molar-refractivity contribution in [3.63, 3.8) is 0 Å². The summed E-state index contributed by atoms with van der Waals surface area (Å²) in [5.41, 5.74) is 12.7. The van der Waals surface area contributed by atoms with E-state index in [1.165, 1.54) is 51.4 Å². The van der Waals surface area contributed by atoms with E-state index in [9.17, 15) is 0 Å². The van der Waals surface area contributed by atoms with Gasteiger partial charge in [-0.05, 0) is 51.4 Å². The highest BCUT2D eigenvalue weighted by atomic mass is 16.5. The van der Waals surface area contributed by atoms with Crippen molar-refractivity contribution in [1.82, 2.24) is 0 Å². The van der Waals surface area contributed by atoms with Crippen LogP contribution in [0, 0.1) is 10.8 Å². The second kappa shape index (κ2) is 9.12. The zero-order valence-electron chi connectivity index (χ0n) is 15.3. The van der Waals surface area contributed by atoms with Crippen molar-refractivity contribution in [2.24, 2.45) is 22.3 Å². The molecule has 8 heteroatoms. The molecule has 2 saturated heterocycles. The number of carbonyl (C=O) groups is 2. The SMILES string of the molecule is NC1CCC2(CC1)COC2.NC1CCC2(CC1)COC2.O=C(O)C(=O)O. The largest absolute Gasteiger partial charge is 0.473 e. The smallest absolute Gasteiger partial charge is 0.414 e. The quantitative estimate of drug-likeness (QED) is 0.460. The normalized spacial score (nSPS) is 28.5. The fraction of sp³-hybridized carbons (Fsp3) is 0.889. The average molecular weight is 372 g/mol. The Kier molecular flexibility index (Phi) is 7.40. The second-order valence-corrected chi connectivity index (χ2v) is 8.27. The maximum absolute atomic E-state index is 9.10. The Hall–Kier alpha value is -1.22. The Morgan fingerprint density at radius 3 is 1.12 bits per heavy atom. The van der Waals surface area contributed by atoms with Crippen LogP contribution in [0.5, 0.6) is 0 Å². The van der Waals surface area contributed by atoms with Gasteiger partial charge < -0.3 is 31.2 Å². The van der Waals surface area contributed by atoms with E-state index in [-0.39, 0.29) is 0 Å². The van der Waals surface area contributed by atoms with Crippen molar-refractivity contribution in [2.45, 2.75) is 63.5 Å². The Labute approximate surface area is 154 Å². The summed E-state index contributed by atoms with van der Waals surface area (Å²) in [5.74, 6) is -3.65. The highest BCUT2D eigenvalue weighted by Crippen LogP contribution is 2.42. The average Bonchev–Trinajstić information content (AvgIpc) is 2.55. The minimum Gasteiger partial charge on any atom is -0.473 e. The van der Waals surface area contributed by atoms with Gasteiger partial charge in [-0.15, -0.1) is 0 Å². The van der Waals surface area contributed by atoms with Gasteiger partial charge >= 0.3 is 11.9 Å². The summed E-state index contributed by atoms with van der Waals surface area (Å²) in [4.78, 5) is 18.2. The summed E-state index contributed by atoms with van der Waals surface area (Å²) < 4.78 is 10.4. The first-order chi connectivity index (χ1) is 12.3. The van der Waals surface area contributed by atoms with Crippen molar-refractivity contribution >= 4 is 11.9 Å². The van der Waals surface area contributed by atoms with Crippen molar-refractivity contribution in [3.05, 3.63) is 0 Å². The number of hydrogen-bond acceptors (Lipinski definition) is 6. The minimum absolute atomic E-state index is 0.478. The Balaban J connectivity index is 0.000000146. The lowest BCUT2D eigenvalue weighted by Crippen LogP contribution is -2.47. The molecular weight excluding hydrogens is 340 g/mol. The maximum atomic E-state index is 9.10. The van der Waals surface area contributed by atoms with Crippen molar-refractivity contribution in [3.8, 4) is 0 Å². The predicted octanol–water partition coefficient (Wildman–Crippen LogP) is 0.964. The molecule has 2 aliphatic heterocycles. The number of carboxylic acids is 2. The van der Waals surface area contributed by atoms with Crippen molar-refractivity contribution in [2.75, 3.05) is 26.4 Å². The summed E-state index contributed by atoms with van der Waals surface area (Å²) >= 11 is 0. The number of carboxylic acid groups (broad SMARTS) is 2. The molecule has 6 N–H and O–H groups in total. The molecule has 0 radical (unpaired) electrons. The predicted molar refractivity (Wildman–Crippen MR) is 94.7 cm³/mol. The second-order valence-electron chi connectivity index (χ2n) is 8.27. The van der Waals surface area contributed by atoms with E-state index in [1.807, 2.05) is 0 Å². The summed E-state index contributed by atoms with van der Waals surface area (Å²) in [6, 6.07) is 0.956. The third-order valence-electron chi connectivity index (χ3n) is 6.00. The molecule has 2 aliphatic carbocycles. The summed E-state index contributed by atoms with van der Waals surface area (Å²) in [7, 11) is 0. The maximum Gasteiger partial charge on any atom is 0.414 e. The minimum atomic E-state index is -1.82. The van der Waals surface area contributed by atoms with Gasteiger partial charge in [-0.1, -0.05) is 0 Å². The van der Waals surface area contributed by atoms with Gasteiger partial charge in [0.15, 0.2) is 0 Å². The number of nitrogens with two attached hydrogens (primary N) is 2. The van der Waals surface area contributed by atoms with E-state index in [0.29, 0.717) is 22.9 Å². The van der Waals surface area contributed by atoms with E-state index in [4.69, 9.17) is 40.7 Å². The van der Waals surface area contributed by atoms with Gasteiger partial charge in [0.1, 0.15) is 0 Å². The summed E-state index contributed by atoms with van der Waals surface area (Å²) in [5, 5.41) is 14.8. The fourth-order valence-corrected chi connectivity index (χ4v) is 3.86. The molecule has 0 aromatic carbocycles. The monoisotopic (exact) mass is 372 g/mol. The molecule has 4 fully saturated rings. The molecule has 8 nitrogen and oxygen atoms in total. The molecule has 2 saturated carbocycles. The first kappa shape index (κ1) is 21.1. The lowest BCUT2D eigenvalue weighted by molar-refractivity contribution is -0.159. The van der Waals surface area contributed by atoms with Crippen LogP contribution in [0.1, 0.15) is 51.4 Å². The first-order valence-corrected chi connectivity index (χ1v) is 9.39. The number of aliphatic carboxylic acids is 2. The topological polar surface area (TPSA) is 145 Å². The van der Waals surface area contributed by atoms with E-state index in [0.717, 1.165) is 26.4 Å². The van der Waals surface area contributed by atoms with Crippen molar-refractivity contribution in [1.29, 1.82) is 0 Å². The Morgan fingerprint density at radius 2 is 0.962 bits per heavy atom. The fourth-order valence-electron chi connectivity index (χ4n) is 3.86. The highest BCUT2D eigenvalue weighted by molar-refractivity contribution is 6.27. The molecule has 150 valence electrons. The van der Waals surface area contributed by atoms with E-state index < -0.39 is 11.9 Å². The molecule has 2 heterocycles. The van der Waals surface area contributed by atoms with Gasteiger partial charge in [0.05, 0.1) is 26.4 Å². The van der Waals surface area contributed by atoms with E-state index in [1.54, 1.807) is 0 Å². The number of hydrogen-bond donors (Lipinski definition) is 4. The van der Waals surface area contributed by atoms with Crippen LogP contribution in [0.3, 0.4) is 0 Å². The van der Waals surface area contributed by atoms with Gasteiger partial charge in [-0.3, -0.25) is 0 Å². The van der Waals surface area contributed by atoms with E-state index in [2.05, 4.69) is 0 Å². The molecule has 4 rings (SSSR count). The third kappa shape index (κ3) is 5.90. The van der Waals surface area contributed by atoms with Crippen LogP contribution in [0.4, 0.5) is 0 Å². The molecular formula is C18H32N2O6. The molecule has 26 heavy (non-hydrogen) atoms. The summed E-state index contributed by atoms with van der Waals surface area (Å²) in [6.07, 6.45) is 10.0. The molecule has 0 aromatic heterocycles. The Morgan fingerprint density at radius 1 is 0.692 bits per heavy atom. The molecule has 0 atom stereocenters. The van der Waals surface area contributed by atoms with Crippen LogP contribution < -0.4 is 11.5 Å².